The van der Waals surface area contributed by atoms with Crippen molar-refractivity contribution >= 4 is 23.4 Å². The monoisotopic (exact) mass is 308 g/mol. The van der Waals surface area contributed by atoms with Gasteiger partial charge in [0.2, 0.25) is 0 Å². The first-order chi connectivity index (χ1) is 8.34. The third kappa shape index (κ3) is 5.76. The molecule has 2 rings (SSSR count). The van der Waals surface area contributed by atoms with E-state index in [0.29, 0.717) is 5.15 Å². The van der Waals surface area contributed by atoms with E-state index in [1.54, 1.807) is 16.7 Å². The fourth-order valence-corrected chi connectivity index (χ4v) is 2.93. The summed E-state index contributed by atoms with van der Waals surface area (Å²) in [6, 6.07) is 5.77. The molecule has 1 aliphatic rings. The molecule has 1 aromatic rings. The number of halogens is 2. The Morgan fingerprint density at radius 3 is 2.83 bits per heavy atom. The number of morpholine rings is 1. The van der Waals surface area contributed by atoms with Gasteiger partial charge in [-0.3, -0.25) is 0 Å². The van der Waals surface area contributed by atoms with Crippen LogP contribution in [-0.4, -0.2) is 43.6 Å². The van der Waals surface area contributed by atoms with Gasteiger partial charge in [0.05, 0.1) is 24.8 Å². The number of ether oxygens (including phenoxy) is 1. The molecule has 1 fully saturated rings. The van der Waals surface area contributed by atoms with Crippen LogP contribution < -0.4 is 17.3 Å². The highest BCUT2D eigenvalue weighted by molar-refractivity contribution is 7.99. The van der Waals surface area contributed by atoms with Crippen LogP contribution in [-0.2, 0) is 4.74 Å². The molecule has 0 amide bonds. The second kappa shape index (κ2) is 8.99. The zero-order valence-electron chi connectivity index (χ0n) is 10.2. The normalized spacial score (nSPS) is 16.3. The lowest BCUT2D eigenvalue weighted by Gasteiger charge is -2.23. The predicted molar refractivity (Wildman–Crippen MR) is 71.0 cm³/mol. The summed E-state index contributed by atoms with van der Waals surface area (Å²) in [7, 11) is 0. The first-order valence-corrected chi connectivity index (χ1v) is 7.37. The van der Waals surface area contributed by atoms with Crippen molar-refractivity contribution in [3.05, 3.63) is 23.4 Å². The lowest BCUT2D eigenvalue weighted by Crippen LogP contribution is -3.14. The van der Waals surface area contributed by atoms with Gasteiger partial charge in [-0.25, -0.2) is 4.98 Å². The minimum Gasteiger partial charge on any atom is -1.00 e. The highest BCUT2D eigenvalue weighted by atomic mass is 35.5. The Hall–Kier alpha value is -0.000000000000000111. The molecule has 0 atom stereocenters. The van der Waals surface area contributed by atoms with Gasteiger partial charge in [-0.2, -0.15) is 0 Å². The summed E-state index contributed by atoms with van der Waals surface area (Å²) in [5.41, 5.74) is 0. The zero-order valence-corrected chi connectivity index (χ0v) is 12.5. The Labute approximate surface area is 124 Å². The molecule has 18 heavy (non-hydrogen) atoms. The summed E-state index contributed by atoms with van der Waals surface area (Å²) in [6.45, 7) is 5.37. The lowest BCUT2D eigenvalue weighted by molar-refractivity contribution is -0.908. The summed E-state index contributed by atoms with van der Waals surface area (Å²) in [4.78, 5) is 5.92. The Bertz CT molecular complexity index is 349. The molecule has 0 bridgehead atoms. The number of thioether (sulfide) groups is 1. The van der Waals surface area contributed by atoms with Crippen LogP contribution in [0.3, 0.4) is 0 Å². The van der Waals surface area contributed by atoms with Crippen molar-refractivity contribution in [3.63, 3.8) is 0 Å². The van der Waals surface area contributed by atoms with Crippen molar-refractivity contribution in [1.82, 2.24) is 4.98 Å². The molecule has 102 valence electrons. The molecule has 1 aromatic heterocycles. The first-order valence-electron chi connectivity index (χ1n) is 6.01. The zero-order chi connectivity index (χ0) is 11.9. The third-order valence-electron chi connectivity index (χ3n) is 2.81. The van der Waals surface area contributed by atoms with Crippen LogP contribution in [0.5, 0.6) is 0 Å². The van der Waals surface area contributed by atoms with Crippen LogP contribution in [0.4, 0.5) is 0 Å². The molecule has 1 aliphatic heterocycles. The summed E-state index contributed by atoms with van der Waals surface area (Å²) in [5.74, 6) is 1.11. The van der Waals surface area contributed by atoms with Gasteiger partial charge >= 0.3 is 0 Å². The maximum Gasteiger partial charge on any atom is 0.130 e. The number of nitrogens with zero attached hydrogens (tertiary/aromatic N) is 1. The predicted octanol–water partition coefficient (Wildman–Crippen LogP) is -1.86. The van der Waals surface area contributed by atoms with E-state index >= 15 is 0 Å². The average Bonchev–Trinajstić information content (AvgIpc) is 2.36. The fraction of sp³-hybridized carbons (Fsp3) is 0.583. The van der Waals surface area contributed by atoms with E-state index < -0.39 is 0 Å². The smallest absolute Gasteiger partial charge is 0.130 e. The van der Waals surface area contributed by atoms with Crippen molar-refractivity contribution in [1.29, 1.82) is 0 Å². The first kappa shape index (κ1) is 16.1. The summed E-state index contributed by atoms with van der Waals surface area (Å²) >= 11 is 7.62. The van der Waals surface area contributed by atoms with Crippen molar-refractivity contribution < 1.29 is 22.0 Å². The topological polar surface area (TPSA) is 26.6 Å². The van der Waals surface area contributed by atoms with E-state index in [4.69, 9.17) is 16.3 Å². The van der Waals surface area contributed by atoms with Crippen molar-refractivity contribution in [2.45, 2.75) is 11.4 Å². The van der Waals surface area contributed by atoms with E-state index in [1.165, 1.54) is 13.0 Å². The number of hydrogen-bond donors (Lipinski definition) is 1. The highest BCUT2D eigenvalue weighted by Crippen LogP contribution is 2.17. The molecule has 0 aliphatic carbocycles. The van der Waals surface area contributed by atoms with Crippen LogP contribution >= 0.6 is 23.4 Å². The number of aromatic nitrogens is 1. The van der Waals surface area contributed by atoms with Crippen LogP contribution in [0.1, 0.15) is 6.42 Å². The molecular weight excluding hydrogens is 291 g/mol. The summed E-state index contributed by atoms with van der Waals surface area (Å²) < 4.78 is 5.34. The standard InChI is InChI=1S/C12H17ClN2OS.ClH/c13-11-3-1-4-12(14-11)17-10-2-5-15-6-8-16-9-7-15;/h1,3-4H,2,5-10H2;1H. The Morgan fingerprint density at radius 1 is 1.33 bits per heavy atom. The van der Waals surface area contributed by atoms with Gasteiger partial charge in [-0.05, 0) is 12.1 Å². The number of quaternary nitrogens is 1. The molecule has 3 nitrogen and oxygen atoms in total. The number of hydrogen-bond acceptors (Lipinski definition) is 3. The van der Waals surface area contributed by atoms with Gasteiger partial charge in [0.15, 0.2) is 0 Å². The number of nitrogens with one attached hydrogen (secondary N) is 1. The van der Waals surface area contributed by atoms with Crippen molar-refractivity contribution in [3.8, 4) is 0 Å². The molecule has 1 N–H and O–H groups in total. The Kier molecular flexibility index (Phi) is 8.02. The third-order valence-corrected chi connectivity index (χ3v) is 4.04. The quantitative estimate of drug-likeness (QED) is 0.392. The van der Waals surface area contributed by atoms with Crippen LogP contribution in [0.2, 0.25) is 5.15 Å². The van der Waals surface area contributed by atoms with Gasteiger partial charge in [-0.1, -0.05) is 17.7 Å². The van der Waals surface area contributed by atoms with Gasteiger partial charge in [-0.15, -0.1) is 11.8 Å². The molecule has 0 saturated carbocycles. The maximum absolute atomic E-state index is 5.84. The fourth-order valence-electron chi connectivity index (χ4n) is 1.88. The Balaban J connectivity index is 0.00000162. The Morgan fingerprint density at radius 2 is 2.11 bits per heavy atom. The van der Waals surface area contributed by atoms with Gasteiger partial charge in [0.1, 0.15) is 18.2 Å². The van der Waals surface area contributed by atoms with E-state index in [-0.39, 0.29) is 12.4 Å². The molecule has 6 heteroatoms. The molecule has 0 spiro atoms. The second-order valence-electron chi connectivity index (χ2n) is 4.11. The SMILES string of the molecule is Clc1cccc(SCCC[NH+]2CCOCC2)n1.[Cl-]. The second-order valence-corrected chi connectivity index (χ2v) is 5.62. The minimum absolute atomic E-state index is 0. The van der Waals surface area contributed by atoms with Crippen LogP contribution in [0.15, 0.2) is 23.2 Å². The molecule has 0 unspecified atom stereocenters. The van der Waals surface area contributed by atoms with E-state index in [0.717, 1.165) is 37.1 Å². The van der Waals surface area contributed by atoms with Crippen molar-refractivity contribution in [2.24, 2.45) is 0 Å². The molecular formula is C12H18Cl2N2OS. The largest absolute Gasteiger partial charge is 1.00 e. The lowest BCUT2D eigenvalue weighted by atomic mass is 10.4. The van der Waals surface area contributed by atoms with Crippen LogP contribution in [0, 0.1) is 0 Å². The van der Waals surface area contributed by atoms with E-state index in [9.17, 15) is 0 Å². The maximum atomic E-state index is 5.84. The number of pyridine rings is 1. The van der Waals surface area contributed by atoms with Gasteiger partial charge < -0.3 is 22.0 Å². The average molecular weight is 309 g/mol. The van der Waals surface area contributed by atoms with Crippen molar-refractivity contribution in [2.75, 3.05) is 38.6 Å². The van der Waals surface area contributed by atoms with Gasteiger partial charge in [0.25, 0.3) is 0 Å². The minimum atomic E-state index is 0. The van der Waals surface area contributed by atoms with Crippen LogP contribution in [0.25, 0.3) is 0 Å². The molecule has 2 heterocycles. The highest BCUT2D eigenvalue weighted by Gasteiger charge is 2.12. The molecule has 0 radical (unpaired) electrons. The number of rotatable bonds is 5. The van der Waals surface area contributed by atoms with E-state index in [2.05, 4.69) is 4.98 Å². The summed E-state index contributed by atoms with van der Waals surface area (Å²) in [6.07, 6.45) is 1.22. The molecule has 0 aromatic carbocycles. The summed E-state index contributed by atoms with van der Waals surface area (Å²) in [5, 5.41) is 1.60. The van der Waals surface area contributed by atoms with E-state index in [1.807, 2.05) is 18.2 Å². The van der Waals surface area contributed by atoms with Gasteiger partial charge in [0, 0.05) is 12.2 Å². The molecule has 1 saturated heterocycles.